The van der Waals surface area contributed by atoms with Gasteiger partial charge in [0, 0.05) is 31.1 Å². The SMILES string of the molecule is CC1CCC(N(C(=O)[C@@H]2CC(=O)N(C3CC3)C2)C2CC2)CC1. The van der Waals surface area contributed by atoms with Gasteiger partial charge in [0.1, 0.15) is 0 Å². The highest BCUT2D eigenvalue weighted by Gasteiger charge is 2.46. The van der Waals surface area contributed by atoms with Crippen LogP contribution in [0.15, 0.2) is 0 Å². The van der Waals surface area contributed by atoms with Crippen molar-refractivity contribution in [2.75, 3.05) is 6.54 Å². The van der Waals surface area contributed by atoms with Crippen molar-refractivity contribution in [3.8, 4) is 0 Å². The third kappa shape index (κ3) is 2.77. The lowest BCUT2D eigenvalue weighted by atomic mass is 9.86. The Hall–Kier alpha value is -1.06. The third-order valence-electron chi connectivity index (χ3n) is 6.07. The number of amides is 2. The average molecular weight is 304 g/mol. The molecular formula is C18H28N2O2. The summed E-state index contributed by atoms with van der Waals surface area (Å²) in [6, 6.07) is 1.38. The lowest BCUT2D eigenvalue weighted by molar-refractivity contribution is -0.139. The van der Waals surface area contributed by atoms with E-state index in [0.717, 1.165) is 31.6 Å². The molecule has 3 aliphatic carbocycles. The fourth-order valence-electron chi connectivity index (χ4n) is 4.38. The van der Waals surface area contributed by atoms with Gasteiger partial charge in [-0.3, -0.25) is 9.59 Å². The zero-order chi connectivity index (χ0) is 15.3. The van der Waals surface area contributed by atoms with Crippen LogP contribution in [0.3, 0.4) is 0 Å². The number of rotatable bonds is 4. The average Bonchev–Trinajstić information content (AvgIpc) is 3.41. The molecule has 0 radical (unpaired) electrons. The molecule has 4 rings (SSSR count). The van der Waals surface area contributed by atoms with Gasteiger partial charge in [-0.15, -0.1) is 0 Å². The Morgan fingerprint density at radius 1 is 1.00 bits per heavy atom. The largest absolute Gasteiger partial charge is 0.339 e. The van der Waals surface area contributed by atoms with E-state index in [4.69, 9.17) is 0 Å². The molecule has 0 spiro atoms. The zero-order valence-electron chi connectivity index (χ0n) is 13.7. The van der Waals surface area contributed by atoms with Gasteiger partial charge in [-0.1, -0.05) is 6.92 Å². The van der Waals surface area contributed by atoms with Gasteiger partial charge < -0.3 is 9.80 Å². The van der Waals surface area contributed by atoms with Crippen molar-refractivity contribution in [1.82, 2.24) is 9.80 Å². The Bertz CT molecular complexity index is 462. The minimum atomic E-state index is -0.0620. The van der Waals surface area contributed by atoms with Gasteiger partial charge in [-0.25, -0.2) is 0 Å². The van der Waals surface area contributed by atoms with Crippen molar-refractivity contribution in [2.24, 2.45) is 11.8 Å². The molecule has 22 heavy (non-hydrogen) atoms. The minimum absolute atomic E-state index is 0.0620. The Morgan fingerprint density at radius 3 is 2.14 bits per heavy atom. The van der Waals surface area contributed by atoms with E-state index in [2.05, 4.69) is 11.8 Å². The number of hydrogen-bond donors (Lipinski definition) is 0. The number of hydrogen-bond acceptors (Lipinski definition) is 2. The maximum Gasteiger partial charge on any atom is 0.228 e. The molecule has 4 aliphatic rings. The van der Waals surface area contributed by atoms with E-state index in [1.54, 1.807) is 0 Å². The highest BCUT2D eigenvalue weighted by atomic mass is 16.2. The number of carbonyl (C=O) groups excluding carboxylic acids is 2. The highest BCUT2D eigenvalue weighted by molar-refractivity contribution is 5.90. The van der Waals surface area contributed by atoms with Crippen molar-refractivity contribution in [1.29, 1.82) is 0 Å². The normalized spacial score (nSPS) is 35.8. The van der Waals surface area contributed by atoms with Crippen LogP contribution < -0.4 is 0 Å². The molecule has 3 saturated carbocycles. The molecule has 1 saturated heterocycles. The second-order valence-electron chi connectivity index (χ2n) is 8.07. The lowest BCUT2D eigenvalue weighted by Gasteiger charge is -2.37. The molecule has 0 aromatic heterocycles. The molecular weight excluding hydrogens is 276 g/mol. The number of likely N-dealkylation sites (tertiary alicyclic amines) is 1. The monoisotopic (exact) mass is 304 g/mol. The predicted octanol–water partition coefficient (Wildman–Crippen LogP) is 2.57. The second-order valence-corrected chi connectivity index (χ2v) is 8.07. The summed E-state index contributed by atoms with van der Waals surface area (Å²) in [5.41, 5.74) is 0. The quantitative estimate of drug-likeness (QED) is 0.801. The zero-order valence-corrected chi connectivity index (χ0v) is 13.7. The topological polar surface area (TPSA) is 40.6 Å². The molecule has 0 aromatic rings. The van der Waals surface area contributed by atoms with Gasteiger partial charge in [-0.2, -0.15) is 0 Å². The van der Waals surface area contributed by atoms with Crippen molar-refractivity contribution >= 4 is 11.8 Å². The summed E-state index contributed by atoms with van der Waals surface area (Å²) in [7, 11) is 0. The van der Waals surface area contributed by atoms with E-state index in [9.17, 15) is 9.59 Å². The number of nitrogens with zero attached hydrogens (tertiary/aromatic N) is 2. The van der Waals surface area contributed by atoms with Crippen molar-refractivity contribution in [3.05, 3.63) is 0 Å². The van der Waals surface area contributed by atoms with Crippen molar-refractivity contribution in [2.45, 2.75) is 82.8 Å². The maximum absolute atomic E-state index is 13.1. The van der Waals surface area contributed by atoms with E-state index in [0.29, 0.717) is 37.0 Å². The lowest BCUT2D eigenvalue weighted by Crippen LogP contribution is -2.47. The Balaban J connectivity index is 1.43. The van der Waals surface area contributed by atoms with Gasteiger partial charge in [0.15, 0.2) is 0 Å². The smallest absolute Gasteiger partial charge is 0.228 e. The maximum atomic E-state index is 13.1. The van der Waals surface area contributed by atoms with Gasteiger partial charge in [-0.05, 0) is 57.3 Å². The summed E-state index contributed by atoms with van der Waals surface area (Å²) >= 11 is 0. The van der Waals surface area contributed by atoms with E-state index in [-0.39, 0.29) is 11.8 Å². The summed E-state index contributed by atoms with van der Waals surface area (Å²) in [6.07, 6.45) is 9.90. The molecule has 4 heteroatoms. The molecule has 0 bridgehead atoms. The first-order chi connectivity index (χ1) is 10.6. The summed E-state index contributed by atoms with van der Waals surface area (Å²) < 4.78 is 0. The van der Waals surface area contributed by atoms with Crippen LogP contribution in [0, 0.1) is 11.8 Å². The van der Waals surface area contributed by atoms with E-state index < -0.39 is 0 Å². The highest BCUT2D eigenvalue weighted by Crippen LogP contribution is 2.39. The van der Waals surface area contributed by atoms with Crippen LogP contribution >= 0.6 is 0 Å². The van der Waals surface area contributed by atoms with Crippen LogP contribution in [0.1, 0.15) is 64.7 Å². The number of carbonyl (C=O) groups is 2. The van der Waals surface area contributed by atoms with Gasteiger partial charge in [0.2, 0.25) is 11.8 Å². The van der Waals surface area contributed by atoms with Crippen molar-refractivity contribution < 1.29 is 9.59 Å². The van der Waals surface area contributed by atoms with Crippen molar-refractivity contribution in [3.63, 3.8) is 0 Å². The molecule has 0 N–H and O–H groups in total. The van der Waals surface area contributed by atoms with Crippen LogP contribution in [0.25, 0.3) is 0 Å². The fraction of sp³-hybridized carbons (Fsp3) is 0.889. The molecule has 0 aromatic carbocycles. The molecule has 122 valence electrons. The van der Waals surface area contributed by atoms with Crippen LogP contribution in [-0.4, -0.2) is 46.3 Å². The Morgan fingerprint density at radius 2 is 1.59 bits per heavy atom. The molecule has 4 nitrogen and oxygen atoms in total. The molecule has 4 fully saturated rings. The van der Waals surface area contributed by atoms with Gasteiger partial charge >= 0.3 is 0 Å². The summed E-state index contributed by atoms with van der Waals surface area (Å²) in [6.45, 7) is 3.01. The van der Waals surface area contributed by atoms with Gasteiger partial charge in [0.05, 0.1) is 5.92 Å². The minimum Gasteiger partial charge on any atom is -0.339 e. The Labute approximate surface area is 133 Å². The Kier molecular flexibility index (Phi) is 3.66. The molecule has 0 unspecified atom stereocenters. The van der Waals surface area contributed by atoms with E-state index in [1.807, 2.05) is 4.90 Å². The van der Waals surface area contributed by atoms with E-state index in [1.165, 1.54) is 25.7 Å². The molecule has 2 amide bonds. The fourth-order valence-corrected chi connectivity index (χ4v) is 4.38. The summed E-state index contributed by atoms with van der Waals surface area (Å²) in [5.74, 6) is 1.26. The second kappa shape index (κ2) is 5.54. The van der Waals surface area contributed by atoms with Crippen LogP contribution in [-0.2, 0) is 9.59 Å². The molecule has 1 heterocycles. The molecule has 1 atom stereocenters. The first-order valence-electron chi connectivity index (χ1n) is 9.25. The standard InChI is InChI=1S/C18H28N2O2/c1-12-2-4-15(5-3-12)20(16-8-9-16)18(22)13-10-17(21)19(11-13)14-6-7-14/h12-16H,2-11H2,1H3/t12?,13-,15?/m1/s1. The van der Waals surface area contributed by atoms with Gasteiger partial charge in [0.25, 0.3) is 0 Å². The summed E-state index contributed by atoms with van der Waals surface area (Å²) in [5, 5.41) is 0. The van der Waals surface area contributed by atoms with Crippen LogP contribution in [0.4, 0.5) is 0 Å². The first kappa shape index (κ1) is 14.5. The first-order valence-corrected chi connectivity index (χ1v) is 9.25. The third-order valence-corrected chi connectivity index (χ3v) is 6.07. The van der Waals surface area contributed by atoms with E-state index >= 15 is 0 Å². The van der Waals surface area contributed by atoms with Crippen LogP contribution in [0.2, 0.25) is 0 Å². The van der Waals surface area contributed by atoms with Crippen LogP contribution in [0.5, 0.6) is 0 Å². The predicted molar refractivity (Wildman–Crippen MR) is 84.1 cm³/mol. The molecule has 1 aliphatic heterocycles. The summed E-state index contributed by atoms with van der Waals surface area (Å²) in [4.78, 5) is 29.4.